The second kappa shape index (κ2) is 7.06. The summed E-state index contributed by atoms with van der Waals surface area (Å²) in [6.45, 7) is 2.07. The summed E-state index contributed by atoms with van der Waals surface area (Å²) >= 11 is 0. The van der Waals surface area contributed by atoms with E-state index in [1.54, 1.807) is 4.90 Å². The van der Waals surface area contributed by atoms with Gasteiger partial charge in [-0.2, -0.15) is 0 Å². The van der Waals surface area contributed by atoms with Crippen LogP contribution in [0.1, 0.15) is 16.2 Å². The molecule has 0 spiro atoms. The minimum Gasteiger partial charge on any atom is -0.486 e. The SMILES string of the molecule is O=C(c1cnc(COc2ccccc2)[nH]c1=O)N1CCOCC1. The zero-order valence-corrected chi connectivity index (χ0v) is 12.5. The molecule has 0 atom stereocenters. The molecule has 1 amide bonds. The first-order chi connectivity index (χ1) is 11.2. The summed E-state index contributed by atoms with van der Waals surface area (Å²) in [7, 11) is 0. The van der Waals surface area contributed by atoms with Crippen molar-refractivity contribution in [2.45, 2.75) is 6.61 Å². The molecule has 2 heterocycles. The first kappa shape index (κ1) is 15.2. The van der Waals surface area contributed by atoms with Crippen molar-refractivity contribution in [1.29, 1.82) is 0 Å². The Morgan fingerprint density at radius 1 is 1.26 bits per heavy atom. The van der Waals surface area contributed by atoms with Gasteiger partial charge in [0.25, 0.3) is 11.5 Å². The number of nitrogens with zero attached hydrogens (tertiary/aromatic N) is 2. The first-order valence-electron chi connectivity index (χ1n) is 7.37. The molecule has 1 aliphatic rings. The number of H-pyrrole nitrogens is 1. The van der Waals surface area contributed by atoms with Crippen molar-refractivity contribution in [3.8, 4) is 5.75 Å². The van der Waals surface area contributed by atoms with Gasteiger partial charge >= 0.3 is 0 Å². The fourth-order valence-corrected chi connectivity index (χ4v) is 2.26. The van der Waals surface area contributed by atoms with Crippen LogP contribution in [-0.2, 0) is 11.3 Å². The van der Waals surface area contributed by atoms with Gasteiger partial charge < -0.3 is 19.4 Å². The van der Waals surface area contributed by atoms with Gasteiger partial charge in [0.1, 0.15) is 23.7 Å². The van der Waals surface area contributed by atoms with Gasteiger partial charge in [-0.25, -0.2) is 4.98 Å². The Kier molecular flexibility index (Phi) is 4.68. The predicted octanol–water partition coefficient (Wildman–Crippen LogP) is 0.821. The zero-order valence-electron chi connectivity index (χ0n) is 12.5. The van der Waals surface area contributed by atoms with Crippen molar-refractivity contribution in [2.75, 3.05) is 26.3 Å². The highest BCUT2D eigenvalue weighted by Gasteiger charge is 2.21. The molecule has 1 saturated heterocycles. The maximum absolute atomic E-state index is 12.3. The maximum Gasteiger partial charge on any atom is 0.263 e. The van der Waals surface area contributed by atoms with E-state index in [0.717, 1.165) is 0 Å². The Labute approximate surface area is 132 Å². The quantitative estimate of drug-likeness (QED) is 0.903. The molecule has 2 aromatic rings. The summed E-state index contributed by atoms with van der Waals surface area (Å²) in [5.41, 5.74) is -0.418. The van der Waals surface area contributed by atoms with Crippen molar-refractivity contribution >= 4 is 5.91 Å². The van der Waals surface area contributed by atoms with Crippen molar-refractivity contribution in [3.05, 3.63) is 58.3 Å². The minimum absolute atomic E-state index is 0.0374. The van der Waals surface area contributed by atoms with Crippen LogP contribution in [-0.4, -0.2) is 47.1 Å². The summed E-state index contributed by atoms with van der Waals surface area (Å²) in [6, 6.07) is 9.23. The van der Waals surface area contributed by atoms with Crippen LogP contribution in [0.15, 0.2) is 41.3 Å². The van der Waals surface area contributed by atoms with E-state index >= 15 is 0 Å². The molecule has 1 aliphatic heterocycles. The summed E-state index contributed by atoms with van der Waals surface area (Å²) in [5, 5.41) is 0. The van der Waals surface area contributed by atoms with Crippen LogP contribution < -0.4 is 10.3 Å². The Bertz CT molecular complexity index is 724. The number of morpholine rings is 1. The van der Waals surface area contributed by atoms with E-state index in [9.17, 15) is 9.59 Å². The molecule has 1 N–H and O–H groups in total. The number of nitrogens with one attached hydrogen (secondary N) is 1. The second-order valence-corrected chi connectivity index (χ2v) is 5.08. The van der Waals surface area contributed by atoms with Crippen LogP contribution in [0.4, 0.5) is 0 Å². The smallest absolute Gasteiger partial charge is 0.263 e. The number of amides is 1. The van der Waals surface area contributed by atoms with E-state index in [4.69, 9.17) is 9.47 Å². The second-order valence-electron chi connectivity index (χ2n) is 5.08. The number of para-hydroxylation sites is 1. The van der Waals surface area contributed by atoms with Gasteiger partial charge in [-0.3, -0.25) is 9.59 Å². The zero-order chi connectivity index (χ0) is 16.1. The molecule has 7 heteroatoms. The summed E-state index contributed by atoms with van der Waals surface area (Å²) < 4.78 is 10.7. The molecule has 0 bridgehead atoms. The van der Waals surface area contributed by atoms with Gasteiger partial charge in [-0.15, -0.1) is 0 Å². The Hall–Kier alpha value is -2.67. The molecule has 23 heavy (non-hydrogen) atoms. The lowest BCUT2D eigenvalue weighted by atomic mass is 10.2. The Morgan fingerprint density at radius 2 is 2.00 bits per heavy atom. The van der Waals surface area contributed by atoms with Gasteiger partial charge in [0.05, 0.1) is 13.2 Å². The van der Waals surface area contributed by atoms with Crippen molar-refractivity contribution in [2.24, 2.45) is 0 Å². The minimum atomic E-state index is -0.455. The van der Waals surface area contributed by atoms with Crippen LogP contribution in [0.2, 0.25) is 0 Å². The van der Waals surface area contributed by atoms with E-state index in [2.05, 4.69) is 9.97 Å². The van der Waals surface area contributed by atoms with E-state index in [1.165, 1.54) is 6.20 Å². The number of aromatic nitrogens is 2. The third-order valence-corrected chi connectivity index (χ3v) is 3.50. The van der Waals surface area contributed by atoms with Crippen molar-refractivity contribution in [3.63, 3.8) is 0 Å². The lowest BCUT2D eigenvalue weighted by Crippen LogP contribution is -2.42. The lowest BCUT2D eigenvalue weighted by Gasteiger charge is -2.26. The largest absolute Gasteiger partial charge is 0.486 e. The van der Waals surface area contributed by atoms with Gasteiger partial charge in [0.2, 0.25) is 0 Å². The van der Waals surface area contributed by atoms with Gasteiger partial charge in [-0.05, 0) is 12.1 Å². The van der Waals surface area contributed by atoms with Crippen LogP contribution in [0.3, 0.4) is 0 Å². The molecule has 0 unspecified atom stereocenters. The number of carbonyl (C=O) groups excluding carboxylic acids is 1. The molecule has 1 fully saturated rings. The van der Waals surface area contributed by atoms with E-state index in [0.29, 0.717) is 37.9 Å². The highest BCUT2D eigenvalue weighted by Crippen LogP contribution is 2.10. The molecule has 1 aromatic carbocycles. The maximum atomic E-state index is 12.3. The number of ether oxygens (including phenoxy) is 2. The number of benzene rings is 1. The van der Waals surface area contributed by atoms with E-state index in [1.807, 2.05) is 30.3 Å². The fourth-order valence-electron chi connectivity index (χ4n) is 2.26. The number of carbonyl (C=O) groups is 1. The average Bonchev–Trinajstić information content (AvgIpc) is 2.61. The Morgan fingerprint density at radius 3 is 2.70 bits per heavy atom. The highest BCUT2D eigenvalue weighted by molar-refractivity contribution is 5.93. The highest BCUT2D eigenvalue weighted by atomic mass is 16.5. The third kappa shape index (κ3) is 3.75. The summed E-state index contributed by atoms with van der Waals surface area (Å²) in [5.74, 6) is 0.735. The average molecular weight is 315 g/mol. The van der Waals surface area contributed by atoms with Crippen LogP contribution in [0.5, 0.6) is 5.75 Å². The molecule has 3 rings (SSSR count). The van der Waals surface area contributed by atoms with Crippen LogP contribution in [0, 0.1) is 0 Å². The van der Waals surface area contributed by atoms with Crippen molar-refractivity contribution < 1.29 is 14.3 Å². The number of rotatable bonds is 4. The van der Waals surface area contributed by atoms with Gasteiger partial charge in [0.15, 0.2) is 0 Å². The molecule has 0 saturated carbocycles. The molecule has 1 aromatic heterocycles. The van der Waals surface area contributed by atoms with Crippen LogP contribution in [0.25, 0.3) is 0 Å². The molecule has 7 nitrogen and oxygen atoms in total. The number of hydrogen-bond donors (Lipinski definition) is 1. The topological polar surface area (TPSA) is 84.5 Å². The fraction of sp³-hybridized carbons (Fsp3) is 0.312. The van der Waals surface area contributed by atoms with Crippen LogP contribution >= 0.6 is 0 Å². The molecule has 120 valence electrons. The molecular weight excluding hydrogens is 298 g/mol. The summed E-state index contributed by atoms with van der Waals surface area (Å²) in [6.07, 6.45) is 1.31. The lowest BCUT2D eigenvalue weighted by molar-refractivity contribution is 0.0301. The molecular formula is C16H17N3O4. The number of hydrogen-bond acceptors (Lipinski definition) is 5. The standard InChI is InChI=1S/C16H17N3O4/c20-15-13(16(21)19-6-8-22-9-7-19)10-17-14(18-15)11-23-12-4-2-1-3-5-12/h1-5,10H,6-9,11H2,(H,17,18,20). The van der Waals surface area contributed by atoms with Crippen molar-refractivity contribution in [1.82, 2.24) is 14.9 Å². The van der Waals surface area contributed by atoms with E-state index in [-0.39, 0.29) is 18.1 Å². The third-order valence-electron chi connectivity index (χ3n) is 3.50. The Balaban J connectivity index is 1.68. The normalized spacial score (nSPS) is 14.5. The monoisotopic (exact) mass is 315 g/mol. The molecule has 0 radical (unpaired) electrons. The molecule has 0 aliphatic carbocycles. The first-order valence-corrected chi connectivity index (χ1v) is 7.37. The summed E-state index contributed by atoms with van der Waals surface area (Å²) in [4.78, 5) is 32.7. The van der Waals surface area contributed by atoms with Gasteiger partial charge in [-0.1, -0.05) is 18.2 Å². The predicted molar refractivity (Wildman–Crippen MR) is 82.4 cm³/mol. The van der Waals surface area contributed by atoms with Gasteiger partial charge in [0, 0.05) is 19.3 Å². The van der Waals surface area contributed by atoms with E-state index < -0.39 is 5.56 Å². The number of aromatic amines is 1.